The van der Waals surface area contributed by atoms with Crippen LogP contribution in [0.3, 0.4) is 0 Å². The molecule has 2 N–H and O–H groups in total. The summed E-state index contributed by atoms with van der Waals surface area (Å²) in [6.45, 7) is 1.76. The summed E-state index contributed by atoms with van der Waals surface area (Å²) in [7, 11) is 2.05. The van der Waals surface area contributed by atoms with Gasteiger partial charge < -0.3 is 15.2 Å². The summed E-state index contributed by atoms with van der Waals surface area (Å²) in [6, 6.07) is 8.54. The third-order valence-corrected chi connectivity index (χ3v) is 4.37. The van der Waals surface area contributed by atoms with Crippen LogP contribution < -0.4 is 10.6 Å². The Morgan fingerprint density at radius 2 is 2.32 bits per heavy atom. The molecule has 1 amide bonds. The molecule has 1 aliphatic rings. The molecule has 0 spiro atoms. The molecule has 1 aliphatic heterocycles. The smallest absolute Gasteiger partial charge is 0.221 e. The quantitative estimate of drug-likeness (QED) is 0.799. The van der Waals surface area contributed by atoms with Gasteiger partial charge in [-0.2, -0.15) is 0 Å². The third kappa shape index (κ3) is 3.47. The molecule has 2 heterocycles. The van der Waals surface area contributed by atoms with Crippen LogP contribution >= 0.6 is 0 Å². The minimum Gasteiger partial charge on any atom is -0.356 e. The number of rotatable bonds is 6. The summed E-state index contributed by atoms with van der Waals surface area (Å²) in [4.78, 5) is 16.5. The van der Waals surface area contributed by atoms with Gasteiger partial charge in [0.25, 0.3) is 0 Å². The Morgan fingerprint density at radius 3 is 3.09 bits per heavy atom. The predicted molar refractivity (Wildman–Crippen MR) is 87.7 cm³/mol. The molecule has 0 bridgehead atoms. The lowest BCUT2D eigenvalue weighted by Gasteiger charge is -2.10. The van der Waals surface area contributed by atoms with Crippen molar-refractivity contribution in [1.82, 2.24) is 20.2 Å². The van der Waals surface area contributed by atoms with E-state index in [1.165, 1.54) is 6.42 Å². The van der Waals surface area contributed by atoms with Gasteiger partial charge in [0.15, 0.2) is 0 Å². The summed E-state index contributed by atoms with van der Waals surface area (Å²) in [5.41, 5.74) is 2.20. The van der Waals surface area contributed by atoms with Gasteiger partial charge in [-0.3, -0.25) is 4.79 Å². The molecule has 0 saturated carbocycles. The Hall–Kier alpha value is -1.88. The number of hydrogen-bond acceptors (Lipinski definition) is 3. The highest BCUT2D eigenvalue weighted by Gasteiger charge is 2.17. The lowest BCUT2D eigenvalue weighted by molar-refractivity contribution is -0.121. The van der Waals surface area contributed by atoms with Crippen molar-refractivity contribution in [3.05, 3.63) is 30.1 Å². The molecule has 118 valence electrons. The number of amides is 1. The first-order valence-corrected chi connectivity index (χ1v) is 8.14. The molecule has 0 aliphatic carbocycles. The second kappa shape index (κ2) is 6.92. The van der Waals surface area contributed by atoms with Crippen LogP contribution in [0.1, 0.15) is 31.5 Å². The van der Waals surface area contributed by atoms with Crippen molar-refractivity contribution in [3.63, 3.8) is 0 Å². The van der Waals surface area contributed by atoms with Gasteiger partial charge in [-0.25, -0.2) is 4.98 Å². The summed E-state index contributed by atoms with van der Waals surface area (Å²) in [5.74, 6) is 1.23. The molecule has 3 rings (SSSR count). The Balaban J connectivity index is 1.44. The van der Waals surface area contributed by atoms with Crippen LogP contribution in [0.15, 0.2) is 24.3 Å². The maximum absolute atomic E-state index is 11.8. The number of nitrogens with zero attached hydrogens (tertiary/aromatic N) is 2. The zero-order valence-corrected chi connectivity index (χ0v) is 13.1. The lowest BCUT2D eigenvalue weighted by atomic mass is 10.1. The van der Waals surface area contributed by atoms with Crippen LogP contribution in [-0.4, -0.2) is 34.6 Å². The Labute approximate surface area is 131 Å². The van der Waals surface area contributed by atoms with E-state index in [0.717, 1.165) is 49.2 Å². The van der Waals surface area contributed by atoms with E-state index in [0.29, 0.717) is 12.5 Å². The number of hydrogen-bond donors (Lipinski definition) is 2. The van der Waals surface area contributed by atoms with E-state index in [9.17, 15) is 4.79 Å². The van der Waals surface area contributed by atoms with Gasteiger partial charge in [-0.1, -0.05) is 12.1 Å². The van der Waals surface area contributed by atoms with Crippen LogP contribution in [0.4, 0.5) is 0 Å². The molecule has 1 atom stereocenters. The molecular formula is C17H24N4O. The Morgan fingerprint density at radius 1 is 1.45 bits per heavy atom. The van der Waals surface area contributed by atoms with E-state index in [-0.39, 0.29) is 5.91 Å². The van der Waals surface area contributed by atoms with E-state index in [1.807, 2.05) is 18.2 Å². The maximum Gasteiger partial charge on any atom is 0.221 e. The zero-order valence-electron chi connectivity index (χ0n) is 13.1. The average Bonchev–Trinajstić information content (AvgIpc) is 3.13. The monoisotopic (exact) mass is 300 g/mol. The van der Waals surface area contributed by atoms with E-state index in [2.05, 4.69) is 33.3 Å². The standard InChI is InChI=1S/C17H24N4O/c1-21-15-8-3-2-7-14(15)20-16(21)9-5-11-19-17(22)12-13-6-4-10-18-13/h2-3,7-8,13,18H,4-6,9-12H2,1H3,(H,19,22). The molecule has 5 heteroatoms. The largest absolute Gasteiger partial charge is 0.356 e. The van der Waals surface area contributed by atoms with Gasteiger partial charge in [0, 0.05) is 32.5 Å². The summed E-state index contributed by atoms with van der Waals surface area (Å²) >= 11 is 0. The summed E-state index contributed by atoms with van der Waals surface area (Å²) < 4.78 is 2.14. The molecule has 2 aromatic rings. The fourth-order valence-corrected chi connectivity index (χ4v) is 3.12. The van der Waals surface area contributed by atoms with Crippen molar-refractivity contribution in [3.8, 4) is 0 Å². The van der Waals surface area contributed by atoms with Crippen molar-refractivity contribution in [1.29, 1.82) is 0 Å². The van der Waals surface area contributed by atoms with Crippen LogP contribution in [0.25, 0.3) is 11.0 Å². The summed E-state index contributed by atoms with van der Waals surface area (Å²) in [6.07, 6.45) is 4.71. The van der Waals surface area contributed by atoms with Gasteiger partial charge in [0.2, 0.25) is 5.91 Å². The highest BCUT2D eigenvalue weighted by atomic mass is 16.1. The highest BCUT2D eigenvalue weighted by molar-refractivity contribution is 5.76. The second-order valence-corrected chi connectivity index (χ2v) is 6.03. The molecule has 1 fully saturated rings. The summed E-state index contributed by atoms with van der Waals surface area (Å²) in [5, 5.41) is 6.37. The van der Waals surface area contributed by atoms with Gasteiger partial charge in [0.1, 0.15) is 5.82 Å². The fraction of sp³-hybridized carbons (Fsp3) is 0.529. The molecule has 0 radical (unpaired) electrons. The Kier molecular flexibility index (Phi) is 4.73. The number of carbonyl (C=O) groups is 1. The predicted octanol–water partition coefficient (Wildman–Crippen LogP) is 1.76. The number of nitrogens with one attached hydrogen (secondary N) is 2. The van der Waals surface area contributed by atoms with E-state index in [4.69, 9.17) is 0 Å². The SMILES string of the molecule is Cn1c(CCCNC(=O)CC2CCCN2)nc2ccccc21. The van der Waals surface area contributed by atoms with Crippen molar-refractivity contribution >= 4 is 16.9 Å². The number of aryl methyl sites for hydroxylation is 2. The number of aromatic nitrogens is 2. The van der Waals surface area contributed by atoms with Crippen molar-refractivity contribution in [2.45, 2.75) is 38.1 Å². The normalized spacial score (nSPS) is 18.0. The molecule has 1 saturated heterocycles. The maximum atomic E-state index is 11.8. The molecule has 1 aromatic carbocycles. The highest BCUT2D eigenvalue weighted by Crippen LogP contribution is 2.15. The molecule has 1 unspecified atom stereocenters. The zero-order chi connectivity index (χ0) is 15.4. The number of para-hydroxylation sites is 2. The first-order valence-electron chi connectivity index (χ1n) is 8.14. The molecule has 5 nitrogen and oxygen atoms in total. The van der Waals surface area contributed by atoms with Crippen molar-refractivity contribution < 1.29 is 4.79 Å². The van der Waals surface area contributed by atoms with Gasteiger partial charge in [-0.15, -0.1) is 0 Å². The van der Waals surface area contributed by atoms with Crippen LogP contribution in [0.2, 0.25) is 0 Å². The number of carbonyl (C=O) groups excluding carboxylic acids is 1. The first kappa shape index (κ1) is 15.0. The topological polar surface area (TPSA) is 59.0 Å². The molecule has 22 heavy (non-hydrogen) atoms. The van der Waals surface area contributed by atoms with E-state index < -0.39 is 0 Å². The van der Waals surface area contributed by atoms with Crippen molar-refractivity contribution in [2.75, 3.05) is 13.1 Å². The minimum atomic E-state index is 0.157. The van der Waals surface area contributed by atoms with Crippen molar-refractivity contribution in [2.24, 2.45) is 7.05 Å². The third-order valence-electron chi connectivity index (χ3n) is 4.37. The first-order chi connectivity index (χ1) is 10.7. The van der Waals surface area contributed by atoms with E-state index in [1.54, 1.807) is 0 Å². The fourth-order valence-electron chi connectivity index (χ4n) is 3.12. The van der Waals surface area contributed by atoms with Crippen LogP contribution in [0, 0.1) is 0 Å². The lowest BCUT2D eigenvalue weighted by Crippen LogP contribution is -2.32. The van der Waals surface area contributed by atoms with Crippen LogP contribution in [-0.2, 0) is 18.3 Å². The van der Waals surface area contributed by atoms with Crippen LogP contribution in [0.5, 0.6) is 0 Å². The molecule has 1 aromatic heterocycles. The van der Waals surface area contributed by atoms with E-state index >= 15 is 0 Å². The second-order valence-electron chi connectivity index (χ2n) is 6.03. The molecular weight excluding hydrogens is 276 g/mol. The number of benzene rings is 1. The average molecular weight is 300 g/mol. The number of imidazole rings is 1. The van der Waals surface area contributed by atoms with Gasteiger partial charge in [-0.05, 0) is 37.9 Å². The number of fused-ring (bicyclic) bond motifs is 1. The minimum absolute atomic E-state index is 0.157. The Bertz CT molecular complexity index is 643. The van der Waals surface area contributed by atoms with Gasteiger partial charge >= 0.3 is 0 Å². The van der Waals surface area contributed by atoms with Gasteiger partial charge in [0.05, 0.1) is 11.0 Å².